The van der Waals surface area contributed by atoms with Gasteiger partial charge in [-0.2, -0.15) is 5.10 Å². The highest BCUT2D eigenvalue weighted by Gasteiger charge is 2.17. The van der Waals surface area contributed by atoms with Crippen molar-refractivity contribution in [2.24, 2.45) is 0 Å². The summed E-state index contributed by atoms with van der Waals surface area (Å²) < 4.78 is 4.55. The van der Waals surface area contributed by atoms with Gasteiger partial charge in [-0.15, -0.1) is 0 Å². The van der Waals surface area contributed by atoms with Crippen molar-refractivity contribution in [2.45, 2.75) is 20.8 Å². The van der Waals surface area contributed by atoms with E-state index in [1.54, 1.807) is 20.8 Å². The fraction of sp³-hybridized carbons (Fsp3) is 0.444. The predicted octanol–water partition coefficient (Wildman–Crippen LogP) is 0.528. The molecule has 0 fully saturated rings. The van der Waals surface area contributed by atoms with Gasteiger partial charge in [-0.05, 0) is 20.8 Å². The fourth-order valence-electron chi connectivity index (χ4n) is 1.10. The second-order valence-corrected chi connectivity index (χ2v) is 2.98. The lowest BCUT2D eigenvalue weighted by Gasteiger charge is -2.03. The summed E-state index contributed by atoms with van der Waals surface area (Å²) in [6.45, 7) is 5.29. The summed E-state index contributed by atoms with van der Waals surface area (Å²) in [6, 6.07) is 0. The molecule has 0 bridgehead atoms. The first kappa shape index (κ1) is 11.2. The number of aromatic amines is 1. The molecule has 6 heteroatoms. The van der Waals surface area contributed by atoms with Gasteiger partial charge in [0.15, 0.2) is 0 Å². The molecule has 1 aromatic heterocycles. The molecule has 1 amide bonds. The first-order valence-corrected chi connectivity index (χ1v) is 4.56. The number of aromatic nitrogens is 2. The number of nitrogens with one attached hydrogen (secondary N) is 2. The number of H-pyrrole nitrogens is 1. The van der Waals surface area contributed by atoms with E-state index in [-0.39, 0.29) is 6.61 Å². The molecule has 82 valence electrons. The van der Waals surface area contributed by atoms with Crippen molar-refractivity contribution < 1.29 is 14.3 Å². The van der Waals surface area contributed by atoms with Crippen molar-refractivity contribution in [3.05, 3.63) is 11.4 Å². The van der Waals surface area contributed by atoms with Gasteiger partial charge in [-0.3, -0.25) is 9.89 Å². The molecule has 0 unspecified atom stereocenters. The highest BCUT2D eigenvalue weighted by molar-refractivity contribution is 6.37. The number of carbonyl (C=O) groups excluding carboxylic acids is 2. The summed E-state index contributed by atoms with van der Waals surface area (Å²) in [7, 11) is 0. The standard InChI is InChI=1S/C9H13N3O3/c1-4-15-9(14)8(13)10-7-5(2)11-12-6(7)3/h4H2,1-3H3,(H,10,13)(H,11,12). The van der Waals surface area contributed by atoms with E-state index in [1.165, 1.54) is 0 Å². The van der Waals surface area contributed by atoms with Crippen molar-refractivity contribution in [2.75, 3.05) is 11.9 Å². The molecule has 0 saturated carbocycles. The fourth-order valence-corrected chi connectivity index (χ4v) is 1.10. The van der Waals surface area contributed by atoms with Gasteiger partial charge in [0.05, 0.1) is 23.7 Å². The third kappa shape index (κ3) is 2.55. The van der Waals surface area contributed by atoms with E-state index in [0.29, 0.717) is 17.1 Å². The Hall–Kier alpha value is -1.85. The number of nitrogens with zero attached hydrogens (tertiary/aromatic N) is 1. The molecule has 15 heavy (non-hydrogen) atoms. The maximum Gasteiger partial charge on any atom is 0.397 e. The summed E-state index contributed by atoms with van der Waals surface area (Å²) >= 11 is 0. The minimum atomic E-state index is -0.891. The molecule has 0 radical (unpaired) electrons. The van der Waals surface area contributed by atoms with Crippen LogP contribution in [0.2, 0.25) is 0 Å². The molecule has 2 N–H and O–H groups in total. The number of hydrogen-bond donors (Lipinski definition) is 2. The van der Waals surface area contributed by atoms with Gasteiger partial charge in [0, 0.05) is 0 Å². The van der Waals surface area contributed by atoms with Gasteiger partial charge in [0.25, 0.3) is 0 Å². The van der Waals surface area contributed by atoms with Crippen LogP contribution in [0.25, 0.3) is 0 Å². The molecule has 0 saturated heterocycles. The van der Waals surface area contributed by atoms with Gasteiger partial charge >= 0.3 is 11.9 Å². The summed E-state index contributed by atoms with van der Waals surface area (Å²) in [4.78, 5) is 22.3. The van der Waals surface area contributed by atoms with Crippen LogP contribution in [-0.4, -0.2) is 28.7 Å². The zero-order chi connectivity index (χ0) is 11.4. The topological polar surface area (TPSA) is 84.1 Å². The second-order valence-electron chi connectivity index (χ2n) is 2.98. The Morgan fingerprint density at radius 1 is 1.47 bits per heavy atom. The Balaban J connectivity index is 2.70. The Morgan fingerprint density at radius 3 is 2.60 bits per heavy atom. The summed E-state index contributed by atoms with van der Waals surface area (Å²) in [6.07, 6.45) is 0. The van der Waals surface area contributed by atoms with E-state index in [2.05, 4.69) is 20.3 Å². The Morgan fingerprint density at radius 2 is 2.13 bits per heavy atom. The molecule has 0 atom stereocenters. The van der Waals surface area contributed by atoms with Crippen LogP contribution in [0.15, 0.2) is 0 Å². The van der Waals surface area contributed by atoms with Crippen LogP contribution in [0, 0.1) is 13.8 Å². The third-order valence-corrected chi connectivity index (χ3v) is 1.83. The lowest BCUT2D eigenvalue weighted by atomic mass is 10.3. The zero-order valence-corrected chi connectivity index (χ0v) is 8.88. The average molecular weight is 211 g/mol. The minimum Gasteiger partial charge on any atom is -0.459 e. The van der Waals surface area contributed by atoms with Crippen molar-refractivity contribution in [3.8, 4) is 0 Å². The predicted molar refractivity (Wildman–Crippen MR) is 53.3 cm³/mol. The van der Waals surface area contributed by atoms with Crippen LogP contribution in [0.1, 0.15) is 18.3 Å². The van der Waals surface area contributed by atoms with Crippen LogP contribution in [-0.2, 0) is 14.3 Å². The number of ether oxygens (including phenoxy) is 1. The normalized spacial score (nSPS) is 9.80. The second kappa shape index (κ2) is 4.59. The number of hydrogen-bond acceptors (Lipinski definition) is 4. The van der Waals surface area contributed by atoms with Gasteiger partial charge in [0.1, 0.15) is 0 Å². The van der Waals surface area contributed by atoms with Crippen molar-refractivity contribution in [3.63, 3.8) is 0 Å². The van der Waals surface area contributed by atoms with Crippen molar-refractivity contribution in [1.82, 2.24) is 10.2 Å². The number of carbonyl (C=O) groups is 2. The summed E-state index contributed by atoms with van der Waals surface area (Å²) in [5.74, 6) is -1.68. The smallest absolute Gasteiger partial charge is 0.397 e. The van der Waals surface area contributed by atoms with Crippen LogP contribution < -0.4 is 5.32 Å². The molecule has 6 nitrogen and oxygen atoms in total. The zero-order valence-electron chi connectivity index (χ0n) is 8.88. The molecule has 1 aromatic rings. The van der Waals surface area contributed by atoms with Crippen molar-refractivity contribution >= 4 is 17.6 Å². The first-order valence-electron chi connectivity index (χ1n) is 4.56. The molecule has 0 aliphatic rings. The minimum absolute atomic E-state index is 0.176. The summed E-state index contributed by atoms with van der Waals surface area (Å²) in [5, 5.41) is 9.01. The van der Waals surface area contributed by atoms with Crippen LogP contribution in [0.5, 0.6) is 0 Å². The van der Waals surface area contributed by atoms with Crippen LogP contribution in [0.3, 0.4) is 0 Å². The van der Waals surface area contributed by atoms with E-state index in [4.69, 9.17) is 0 Å². The Labute approximate surface area is 87.0 Å². The van der Waals surface area contributed by atoms with E-state index in [1.807, 2.05) is 0 Å². The molecular formula is C9H13N3O3. The number of amides is 1. The largest absolute Gasteiger partial charge is 0.459 e. The molecule has 1 rings (SSSR count). The van der Waals surface area contributed by atoms with E-state index < -0.39 is 11.9 Å². The van der Waals surface area contributed by atoms with Gasteiger partial charge in [-0.25, -0.2) is 4.79 Å². The average Bonchev–Trinajstić information content (AvgIpc) is 2.49. The molecule has 0 aromatic carbocycles. The SMILES string of the molecule is CCOC(=O)C(=O)Nc1c(C)n[nH]c1C. The highest BCUT2D eigenvalue weighted by Crippen LogP contribution is 2.15. The number of rotatable bonds is 2. The summed E-state index contributed by atoms with van der Waals surface area (Å²) in [5.41, 5.74) is 1.85. The molecule has 1 heterocycles. The number of aryl methyl sites for hydroxylation is 2. The van der Waals surface area contributed by atoms with Gasteiger partial charge in [-0.1, -0.05) is 0 Å². The van der Waals surface area contributed by atoms with Gasteiger partial charge < -0.3 is 10.1 Å². The lowest BCUT2D eigenvalue weighted by Crippen LogP contribution is -2.25. The maximum absolute atomic E-state index is 11.3. The monoisotopic (exact) mass is 211 g/mol. The number of anilines is 1. The molecule has 0 aliphatic carbocycles. The first-order chi connectivity index (χ1) is 7.06. The van der Waals surface area contributed by atoms with E-state index >= 15 is 0 Å². The number of esters is 1. The van der Waals surface area contributed by atoms with Crippen LogP contribution in [0.4, 0.5) is 5.69 Å². The maximum atomic E-state index is 11.3. The van der Waals surface area contributed by atoms with Gasteiger partial charge in [0.2, 0.25) is 0 Å². The van der Waals surface area contributed by atoms with E-state index in [9.17, 15) is 9.59 Å². The Kier molecular flexibility index (Phi) is 3.43. The third-order valence-electron chi connectivity index (χ3n) is 1.83. The van der Waals surface area contributed by atoms with E-state index in [0.717, 1.165) is 0 Å². The van der Waals surface area contributed by atoms with Crippen molar-refractivity contribution in [1.29, 1.82) is 0 Å². The quantitative estimate of drug-likeness (QED) is 0.552. The lowest BCUT2D eigenvalue weighted by molar-refractivity contribution is -0.152. The van der Waals surface area contributed by atoms with Crippen LogP contribution >= 0.6 is 0 Å². The molecule has 0 spiro atoms. The highest BCUT2D eigenvalue weighted by atomic mass is 16.5. The molecule has 0 aliphatic heterocycles. The Bertz CT molecular complexity index is 364. The molecular weight excluding hydrogens is 198 g/mol.